The van der Waals surface area contributed by atoms with Crippen LogP contribution in [0.25, 0.3) is 0 Å². The summed E-state index contributed by atoms with van der Waals surface area (Å²) in [5, 5.41) is 6.69. The number of aromatic nitrogens is 2. The molecule has 0 saturated heterocycles. The first-order chi connectivity index (χ1) is 9.03. The Morgan fingerprint density at radius 2 is 1.15 bits per heavy atom. The molecule has 2 rings (SSSR count). The van der Waals surface area contributed by atoms with E-state index in [1.54, 1.807) is 0 Å². The number of hydrogen-bond acceptors (Lipinski definition) is 8. The van der Waals surface area contributed by atoms with E-state index in [9.17, 15) is 16.8 Å². The lowest BCUT2D eigenvalue weighted by Crippen LogP contribution is -1.89. The number of nitrogens with zero attached hydrogens (tertiary/aromatic N) is 2. The predicted molar refractivity (Wildman–Crippen MR) is 68.6 cm³/mol. The molecule has 0 N–H and O–H groups in total. The van der Waals surface area contributed by atoms with Crippen LogP contribution in [-0.4, -0.2) is 27.1 Å². The molecular formula is C8H8Cl2N2O6S2. The third-order valence-corrected chi connectivity index (χ3v) is 4.77. The molecule has 2 aromatic heterocycles. The third kappa shape index (κ3) is 4.47. The van der Waals surface area contributed by atoms with Crippen molar-refractivity contribution >= 4 is 39.5 Å². The summed E-state index contributed by atoms with van der Waals surface area (Å²) in [6, 6.07) is 0. The van der Waals surface area contributed by atoms with Gasteiger partial charge in [-0.2, -0.15) is 0 Å². The zero-order valence-corrected chi connectivity index (χ0v) is 13.2. The molecule has 2 heterocycles. The summed E-state index contributed by atoms with van der Waals surface area (Å²) in [5.41, 5.74) is 0.546. The molecule has 0 amide bonds. The number of aryl methyl sites for hydroxylation is 2. The van der Waals surface area contributed by atoms with E-state index in [2.05, 4.69) is 19.4 Å². The second-order valence-corrected chi connectivity index (χ2v) is 8.47. The Bertz CT molecular complexity index is 724. The second kappa shape index (κ2) is 6.12. The van der Waals surface area contributed by atoms with Gasteiger partial charge in [0.15, 0.2) is 0 Å². The van der Waals surface area contributed by atoms with Gasteiger partial charge in [-0.25, -0.2) is 16.8 Å². The minimum absolute atomic E-state index is 0.0748. The summed E-state index contributed by atoms with van der Waals surface area (Å²) >= 11 is 0. The fourth-order valence-corrected chi connectivity index (χ4v) is 3.02. The summed E-state index contributed by atoms with van der Waals surface area (Å²) in [6.07, 6.45) is 2.00. The molecule has 2 aromatic rings. The lowest BCUT2D eigenvalue weighted by Gasteiger charge is -1.85. The molecule has 8 nitrogen and oxygen atoms in total. The maximum Gasteiger partial charge on any atom is 0.266 e. The quantitative estimate of drug-likeness (QED) is 0.741. The van der Waals surface area contributed by atoms with Crippen LogP contribution in [0.3, 0.4) is 0 Å². The predicted octanol–water partition coefficient (Wildman–Crippen LogP) is 1.82. The Morgan fingerprint density at radius 3 is 1.25 bits per heavy atom. The number of hydrogen-bond donors (Lipinski definition) is 0. The molecule has 0 radical (unpaired) electrons. The van der Waals surface area contributed by atoms with E-state index in [0.717, 1.165) is 12.5 Å². The molecule has 0 spiro atoms. The third-order valence-electron chi connectivity index (χ3n) is 1.94. The fourth-order valence-electron chi connectivity index (χ4n) is 1.03. The van der Waals surface area contributed by atoms with Crippen molar-refractivity contribution in [2.45, 2.75) is 23.6 Å². The topological polar surface area (TPSA) is 120 Å². The highest BCUT2D eigenvalue weighted by Gasteiger charge is 2.16. The van der Waals surface area contributed by atoms with Crippen molar-refractivity contribution in [3.63, 3.8) is 0 Å². The monoisotopic (exact) mass is 362 g/mol. The molecule has 20 heavy (non-hydrogen) atoms. The van der Waals surface area contributed by atoms with Crippen LogP contribution in [0.1, 0.15) is 11.4 Å². The largest absolute Gasteiger partial charge is 0.363 e. The summed E-state index contributed by atoms with van der Waals surface area (Å²) in [5.74, 6) is 0. The van der Waals surface area contributed by atoms with Crippen LogP contribution in [0.4, 0.5) is 0 Å². The van der Waals surface area contributed by atoms with Crippen molar-refractivity contribution in [3.8, 4) is 0 Å². The Balaban J connectivity index is 0.000000200. The summed E-state index contributed by atoms with van der Waals surface area (Å²) < 4.78 is 51.0. The summed E-state index contributed by atoms with van der Waals surface area (Å²) in [4.78, 5) is -0.150. The van der Waals surface area contributed by atoms with Gasteiger partial charge in [-0.05, 0) is 13.8 Å². The van der Waals surface area contributed by atoms with E-state index in [-0.39, 0.29) is 21.2 Å². The zero-order chi connectivity index (χ0) is 15.6. The molecule has 0 aliphatic heterocycles. The normalized spacial score (nSPS) is 11.8. The first-order valence-electron chi connectivity index (χ1n) is 4.74. The Labute approximate surface area is 123 Å². The molecule has 0 saturated carbocycles. The van der Waals surface area contributed by atoms with Gasteiger partial charge >= 0.3 is 0 Å². The first kappa shape index (κ1) is 17.0. The maximum absolute atomic E-state index is 10.6. The fraction of sp³-hybridized carbons (Fsp3) is 0.250. The maximum atomic E-state index is 10.6. The molecule has 0 bridgehead atoms. The molecule has 0 unspecified atom stereocenters. The molecule has 0 aliphatic carbocycles. The van der Waals surface area contributed by atoms with Gasteiger partial charge in [-0.15, -0.1) is 0 Å². The van der Waals surface area contributed by atoms with Crippen LogP contribution in [0.2, 0.25) is 0 Å². The van der Waals surface area contributed by atoms with Crippen molar-refractivity contribution < 1.29 is 25.9 Å². The molecule has 112 valence electrons. The van der Waals surface area contributed by atoms with Gasteiger partial charge in [0.05, 0.1) is 0 Å². The Kier molecular flexibility index (Phi) is 5.19. The van der Waals surface area contributed by atoms with Crippen LogP contribution in [0.5, 0.6) is 0 Å². The van der Waals surface area contributed by atoms with Gasteiger partial charge in [0.2, 0.25) is 0 Å². The van der Waals surface area contributed by atoms with Crippen LogP contribution in [0.15, 0.2) is 31.4 Å². The molecule has 0 aliphatic rings. The van der Waals surface area contributed by atoms with Gasteiger partial charge in [0, 0.05) is 21.4 Å². The van der Waals surface area contributed by atoms with E-state index >= 15 is 0 Å². The summed E-state index contributed by atoms with van der Waals surface area (Å²) in [7, 11) is 2.61. The first-order valence-corrected chi connectivity index (χ1v) is 9.36. The van der Waals surface area contributed by atoms with E-state index < -0.39 is 18.1 Å². The van der Waals surface area contributed by atoms with Crippen LogP contribution in [0, 0.1) is 13.8 Å². The lowest BCUT2D eigenvalue weighted by atomic mass is 10.5. The molecule has 12 heteroatoms. The van der Waals surface area contributed by atoms with E-state index in [1.807, 2.05) is 0 Å². The lowest BCUT2D eigenvalue weighted by molar-refractivity contribution is 0.413. The van der Waals surface area contributed by atoms with Gasteiger partial charge in [0.1, 0.15) is 33.7 Å². The molecule has 0 fully saturated rings. The minimum atomic E-state index is -3.67. The zero-order valence-electron chi connectivity index (χ0n) is 10.1. The van der Waals surface area contributed by atoms with Gasteiger partial charge in [-0.1, -0.05) is 10.3 Å². The van der Waals surface area contributed by atoms with Crippen molar-refractivity contribution in [1.82, 2.24) is 10.3 Å². The average molecular weight is 363 g/mol. The molecular weight excluding hydrogens is 355 g/mol. The van der Waals surface area contributed by atoms with Gasteiger partial charge in [-0.3, -0.25) is 0 Å². The van der Waals surface area contributed by atoms with Gasteiger partial charge in [0.25, 0.3) is 18.1 Å². The van der Waals surface area contributed by atoms with E-state index in [1.165, 1.54) is 13.8 Å². The van der Waals surface area contributed by atoms with Crippen LogP contribution in [-0.2, 0) is 18.1 Å². The SMILES string of the molecule is Cc1nocc1S(=O)(=O)Cl.Cc1nocc1S(=O)(=O)Cl. The minimum Gasteiger partial charge on any atom is -0.363 e. The van der Waals surface area contributed by atoms with Crippen molar-refractivity contribution in [3.05, 3.63) is 23.9 Å². The molecule has 0 atom stereocenters. The highest BCUT2D eigenvalue weighted by Crippen LogP contribution is 2.17. The number of rotatable bonds is 2. The highest BCUT2D eigenvalue weighted by atomic mass is 35.7. The highest BCUT2D eigenvalue weighted by molar-refractivity contribution is 8.14. The average Bonchev–Trinajstić information content (AvgIpc) is 2.85. The number of halogens is 2. The Hall–Kier alpha value is -1.10. The summed E-state index contributed by atoms with van der Waals surface area (Å²) in [6.45, 7) is 3.00. The van der Waals surface area contributed by atoms with Gasteiger partial charge < -0.3 is 9.05 Å². The molecule has 0 aromatic carbocycles. The van der Waals surface area contributed by atoms with Crippen LogP contribution < -0.4 is 0 Å². The van der Waals surface area contributed by atoms with E-state index in [0.29, 0.717) is 0 Å². The van der Waals surface area contributed by atoms with Crippen LogP contribution >= 0.6 is 21.4 Å². The van der Waals surface area contributed by atoms with Crippen molar-refractivity contribution in [1.29, 1.82) is 0 Å². The Morgan fingerprint density at radius 1 is 0.850 bits per heavy atom. The van der Waals surface area contributed by atoms with Crippen molar-refractivity contribution in [2.75, 3.05) is 0 Å². The smallest absolute Gasteiger partial charge is 0.266 e. The van der Waals surface area contributed by atoms with E-state index in [4.69, 9.17) is 21.4 Å². The second-order valence-electron chi connectivity index (χ2n) is 3.40. The standard InChI is InChI=1S/2C4H4ClNO3S/c2*1-3-4(2-9-6-3)10(5,7)8/h2*2H,1H3. The van der Waals surface area contributed by atoms with Crippen molar-refractivity contribution in [2.24, 2.45) is 0 Å².